The number of amides is 1. The van der Waals surface area contributed by atoms with Crippen LogP contribution < -0.4 is 0 Å². The predicted molar refractivity (Wildman–Crippen MR) is 70.5 cm³/mol. The first kappa shape index (κ1) is 12.1. The topological polar surface area (TPSA) is 23.6 Å². The van der Waals surface area contributed by atoms with E-state index in [4.69, 9.17) is 0 Å². The van der Waals surface area contributed by atoms with Crippen molar-refractivity contribution >= 4 is 5.91 Å². The lowest BCUT2D eigenvalue weighted by molar-refractivity contribution is -0.161. The summed E-state index contributed by atoms with van der Waals surface area (Å²) in [6, 6.07) is 0. The highest BCUT2D eigenvalue weighted by Crippen LogP contribution is 2.45. The zero-order valence-electron chi connectivity index (χ0n) is 11.5. The average Bonchev–Trinajstić information content (AvgIpc) is 3.00. The van der Waals surface area contributed by atoms with E-state index in [0.717, 1.165) is 32.0 Å². The molecule has 0 bridgehead atoms. The van der Waals surface area contributed by atoms with E-state index in [-0.39, 0.29) is 5.91 Å². The largest absolute Gasteiger partial charge is 0.339 e. The molecule has 2 aliphatic carbocycles. The summed E-state index contributed by atoms with van der Waals surface area (Å²) >= 11 is 0. The van der Waals surface area contributed by atoms with E-state index in [0.29, 0.717) is 18.3 Å². The smallest absolute Gasteiger partial charge is 0.260 e. The van der Waals surface area contributed by atoms with E-state index in [1.807, 2.05) is 0 Å². The van der Waals surface area contributed by atoms with Gasteiger partial charge in [-0.05, 0) is 51.0 Å². The molecule has 0 aromatic heterocycles. The molecular weight excluding hydrogens is 243 g/mol. The molecule has 0 aromatic rings. The maximum atomic E-state index is 14.1. The van der Waals surface area contributed by atoms with Crippen LogP contribution in [0.1, 0.15) is 38.5 Å². The van der Waals surface area contributed by atoms with Crippen LogP contribution in [-0.2, 0) is 4.79 Å². The average molecular weight is 266 g/mol. The van der Waals surface area contributed by atoms with Gasteiger partial charge in [-0.25, -0.2) is 4.39 Å². The van der Waals surface area contributed by atoms with E-state index in [9.17, 15) is 9.18 Å². The van der Waals surface area contributed by atoms with Crippen molar-refractivity contribution in [2.45, 2.75) is 44.2 Å². The molecule has 0 aromatic carbocycles. The van der Waals surface area contributed by atoms with Crippen LogP contribution in [0, 0.1) is 11.3 Å². The van der Waals surface area contributed by atoms with Crippen molar-refractivity contribution in [1.82, 2.24) is 9.80 Å². The first-order chi connectivity index (χ1) is 9.09. The fourth-order valence-electron chi connectivity index (χ4n) is 4.00. The molecule has 4 heteroatoms. The number of carbonyl (C=O) groups excluding carboxylic acids is 1. The van der Waals surface area contributed by atoms with Gasteiger partial charge in [0.25, 0.3) is 5.91 Å². The van der Waals surface area contributed by atoms with Gasteiger partial charge in [-0.1, -0.05) is 0 Å². The third kappa shape index (κ3) is 1.99. The molecular formula is C15H23FN2O. The molecule has 1 spiro atoms. The Labute approximate surface area is 114 Å². The van der Waals surface area contributed by atoms with E-state index in [1.165, 1.54) is 32.4 Å². The second-order valence-corrected chi connectivity index (χ2v) is 7.41. The number of hydrogen-bond donors (Lipinski definition) is 0. The summed E-state index contributed by atoms with van der Waals surface area (Å²) in [5.74, 6) is 0.724. The van der Waals surface area contributed by atoms with Gasteiger partial charge in [-0.3, -0.25) is 4.79 Å². The lowest BCUT2D eigenvalue weighted by Gasteiger charge is -2.51. The Balaban J connectivity index is 1.31. The molecule has 106 valence electrons. The maximum Gasteiger partial charge on any atom is 0.260 e. The van der Waals surface area contributed by atoms with Crippen molar-refractivity contribution < 1.29 is 9.18 Å². The second-order valence-electron chi connectivity index (χ2n) is 7.41. The maximum absolute atomic E-state index is 14.1. The molecule has 1 amide bonds. The molecule has 0 radical (unpaired) electrons. The molecule has 2 saturated carbocycles. The van der Waals surface area contributed by atoms with Crippen molar-refractivity contribution in [3.05, 3.63) is 0 Å². The number of likely N-dealkylation sites (tertiary alicyclic amines) is 2. The zero-order valence-corrected chi connectivity index (χ0v) is 11.5. The number of carbonyl (C=O) groups is 1. The summed E-state index contributed by atoms with van der Waals surface area (Å²) in [6.45, 7) is 5.17. The Morgan fingerprint density at radius 2 is 1.89 bits per heavy atom. The van der Waals surface area contributed by atoms with Crippen molar-refractivity contribution in [2.24, 2.45) is 11.3 Å². The molecule has 2 heterocycles. The first-order valence-electron chi connectivity index (χ1n) is 7.79. The molecule has 0 N–H and O–H groups in total. The molecule has 4 fully saturated rings. The number of hydrogen-bond acceptors (Lipinski definition) is 2. The Hall–Kier alpha value is -0.640. The molecule has 19 heavy (non-hydrogen) atoms. The third-order valence-electron chi connectivity index (χ3n) is 5.60. The summed E-state index contributed by atoms with van der Waals surface area (Å²) in [7, 11) is 0. The van der Waals surface area contributed by atoms with Crippen LogP contribution in [0.5, 0.6) is 0 Å². The SMILES string of the molecule is O=C(N1CC2(CCN(CC3CC3)C2)C1)C1(F)CCC1. The second kappa shape index (κ2) is 3.94. The summed E-state index contributed by atoms with van der Waals surface area (Å²) in [6.07, 6.45) is 5.77. The lowest BCUT2D eigenvalue weighted by atomic mass is 9.75. The van der Waals surface area contributed by atoms with Gasteiger partial charge in [0, 0.05) is 31.6 Å². The van der Waals surface area contributed by atoms with Gasteiger partial charge in [0.2, 0.25) is 0 Å². The number of halogens is 1. The van der Waals surface area contributed by atoms with Gasteiger partial charge in [0.1, 0.15) is 0 Å². The quantitative estimate of drug-likeness (QED) is 0.778. The summed E-state index contributed by atoms with van der Waals surface area (Å²) < 4.78 is 14.1. The first-order valence-corrected chi connectivity index (χ1v) is 7.79. The number of nitrogens with zero attached hydrogens (tertiary/aromatic N) is 2. The van der Waals surface area contributed by atoms with E-state index >= 15 is 0 Å². The number of alkyl halides is 1. The number of rotatable bonds is 3. The molecule has 4 rings (SSSR count). The van der Waals surface area contributed by atoms with Crippen LogP contribution >= 0.6 is 0 Å². The van der Waals surface area contributed by atoms with Crippen molar-refractivity contribution in [3.8, 4) is 0 Å². The monoisotopic (exact) mass is 266 g/mol. The fraction of sp³-hybridized carbons (Fsp3) is 0.933. The van der Waals surface area contributed by atoms with Gasteiger partial charge in [-0.2, -0.15) is 0 Å². The molecule has 2 aliphatic heterocycles. The third-order valence-corrected chi connectivity index (χ3v) is 5.60. The lowest BCUT2D eigenvalue weighted by Crippen LogP contribution is -2.64. The molecule has 3 nitrogen and oxygen atoms in total. The van der Waals surface area contributed by atoms with Crippen molar-refractivity contribution in [3.63, 3.8) is 0 Å². The van der Waals surface area contributed by atoms with Crippen molar-refractivity contribution in [2.75, 3.05) is 32.7 Å². The van der Waals surface area contributed by atoms with Crippen LogP contribution in [-0.4, -0.2) is 54.1 Å². The minimum atomic E-state index is -1.49. The zero-order chi connectivity index (χ0) is 13.1. The highest BCUT2D eigenvalue weighted by Gasteiger charge is 2.55. The predicted octanol–water partition coefficient (Wildman–Crippen LogP) is 1.82. The van der Waals surface area contributed by atoms with Gasteiger partial charge in [0.05, 0.1) is 0 Å². The molecule has 0 unspecified atom stereocenters. The Bertz CT molecular complexity index is 397. The van der Waals surface area contributed by atoms with Crippen LogP contribution in [0.2, 0.25) is 0 Å². The Morgan fingerprint density at radius 3 is 2.47 bits per heavy atom. The standard InChI is InChI=1S/C15H23FN2O/c16-15(4-1-5-15)13(19)18-10-14(11-18)6-7-17(9-14)8-12-2-3-12/h12H,1-11H2. The van der Waals surface area contributed by atoms with Crippen molar-refractivity contribution in [1.29, 1.82) is 0 Å². The van der Waals surface area contributed by atoms with E-state index < -0.39 is 5.67 Å². The minimum absolute atomic E-state index is 0.218. The molecule has 2 saturated heterocycles. The van der Waals surface area contributed by atoms with Crippen LogP contribution in [0.3, 0.4) is 0 Å². The molecule has 4 aliphatic rings. The summed E-state index contributed by atoms with van der Waals surface area (Å²) in [5, 5.41) is 0. The summed E-state index contributed by atoms with van der Waals surface area (Å²) in [4.78, 5) is 16.4. The van der Waals surface area contributed by atoms with Crippen LogP contribution in [0.25, 0.3) is 0 Å². The van der Waals surface area contributed by atoms with Gasteiger partial charge in [-0.15, -0.1) is 0 Å². The highest BCUT2D eigenvalue weighted by molar-refractivity contribution is 5.87. The summed E-state index contributed by atoms with van der Waals surface area (Å²) in [5.41, 5.74) is -1.18. The minimum Gasteiger partial charge on any atom is -0.339 e. The van der Waals surface area contributed by atoms with Gasteiger partial charge in [0.15, 0.2) is 5.67 Å². The van der Waals surface area contributed by atoms with Crippen LogP contribution in [0.4, 0.5) is 4.39 Å². The van der Waals surface area contributed by atoms with E-state index in [2.05, 4.69) is 4.90 Å². The van der Waals surface area contributed by atoms with Crippen LogP contribution in [0.15, 0.2) is 0 Å². The highest BCUT2D eigenvalue weighted by atomic mass is 19.1. The van der Waals surface area contributed by atoms with E-state index in [1.54, 1.807) is 4.90 Å². The Morgan fingerprint density at radius 1 is 1.16 bits per heavy atom. The fourth-order valence-corrected chi connectivity index (χ4v) is 4.00. The normalized spacial score (nSPS) is 32.2. The Kier molecular flexibility index (Phi) is 2.51. The molecule has 0 atom stereocenters. The van der Waals surface area contributed by atoms with Gasteiger partial charge >= 0.3 is 0 Å². The van der Waals surface area contributed by atoms with Gasteiger partial charge < -0.3 is 9.80 Å².